The number of hydrogen-bond acceptors (Lipinski definition) is 0. The van der Waals surface area contributed by atoms with Crippen molar-refractivity contribution in [1.82, 2.24) is 0 Å². The van der Waals surface area contributed by atoms with Crippen LogP contribution in [0.5, 0.6) is 0 Å². The Balaban J connectivity index is 0.000000122. The smallest absolute Gasteiger partial charge is 0.0254 e. The summed E-state index contributed by atoms with van der Waals surface area (Å²) in [5.41, 5.74) is 0. The molecular weight excluding hydrogens is 704 g/mol. The summed E-state index contributed by atoms with van der Waals surface area (Å²) in [4.78, 5) is 0. The van der Waals surface area contributed by atoms with Gasteiger partial charge in [-0.3, -0.25) is 0 Å². The first-order valence-electron chi connectivity index (χ1n) is 11.5. The van der Waals surface area contributed by atoms with E-state index in [1.165, 1.54) is 64.6 Å². The van der Waals surface area contributed by atoms with Crippen LogP contribution in [-0.2, 0) is 0 Å². The molecule has 8 aromatic rings. The average molecular weight is 720 g/mol. The molecule has 0 saturated heterocycles. The van der Waals surface area contributed by atoms with Crippen molar-refractivity contribution in [1.29, 1.82) is 0 Å². The maximum absolute atomic E-state index is 3.65. The summed E-state index contributed by atoms with van der Waals surface area (Å²) in [7, 11) is 0. The predicted molar refractivity (Wildman–Crippen MR) is 171 cm³/mol. The molecule has 8 rings (SSSR count). The molecule has 0 saturated carbocycles. The molecule has 0 nitrogen and oxygen atoms in total. The molecule has 0 aromatic heterocycles. The van der Waals surface area contributed by atoms with Crippen LogP contribution in [0.2, 0.25) is 0 Å². The van der Waals surface area contributed by atoms with Gasteiger partial charge in [0, 0.05) is 17.9 Å². The third-order valence-electron chi connectivity index (χ3n) is 7.12. The van der Waals surface area contributed by atoms with Gasteiger partial charge in [0.05, 0.1) is 0 Å². The zero-order valence-electron chi connectivity index (χ0n) is 18.7. The monoisotopic (exact) mass is 716 g/mol. The van der Waals surface area contributed by atoms with Crippen molar-refractivity contribution in [3.63, 3.8) is 0 Å². The zero-order chi connectivity index (χ0) is 24.6. The van der Waals surface area contributed by atoms with Gasteiger partial charge < -0.3 is 0 Å². The van der Waals surface area contributed by atoms with Gasteiger partial charge >= 0.3 is 0 Å². The number of benzene rings is 8. The van der Waals surface area contributed by atoms with E-state index >= 15 is 0 Å². The number of hydrogen-bond donors (Lipinski definition) is 0. The molecule has 0 aliphatic heterocycles. The predicted octanol–water partition coefficient (Wildman–Crippen LogP) is 12.2. The summed E-state index contributed by atoms with van der Waals surface area (Å²) in [6, 6.07) is 34.7. The van der Waals surface area contributed by atoms with E-state index in [4.69, 9.17) is 0 Å². The van der Waals surface area contributed by atoms with E-state index in [0.717, 1.165) is 17.9 Å². The van der Waals surface area contributed by atoms with Gasteiger partial charge in [-0.2, -0.15) is 0 Å². The Morgan fingerprint density at radius 3 is 0.722 bits per heavy atom. The molecule has 8 aromatic carbocycles. The largest absolute Gasteiger partial charge is 0.0537 e. The van der Waals surface area contributed by atoms with Crippen LogP contribution in [-0.4, -0.2) is 0 Å². The van der Waals surface area contributed by atoms with Crippen LogP contribution in [0.25, 0.3) is 64.6 Å². The first-order valence-corrected chi connectivity index (χ1v) is 14.7. The highest BCUT2D eigenvalue weighted by atomic mass is 79.9. The summed E-state index contributed by atoms with van der Waals surface area (Å²) >= 11 is 14.6. The Labute approximate surface area is 241 Å². The van der Waals surface area contributed by atoms with E-state index in [2.05, 4.69) is 161 Å². The molecule has 172 valence electrons. The molecule has 0 aliphatic rings. The normalized spacial score (nSPS) is 11.9. The maximum Gasteiger partial charge on any atom is 0.0254 e. The van der Waals surface area contributed by atoms with E-state index in [1.807, 2.05) is 0 Å². The molecule has 0 atom stereocenters. The number of halogens is 4. The van der Waals surface area contributed by atoms with E-state index in [1.54, 1.807) is 0 Å². The van der Waals surface area contributed by atoms with Crippen molar-refractivity contribution in [3.8, 4) is 0 Å². The van der Waals surface area contributed by atoms with Crippen LogP contribution in [0.4, 0.5) is 0 Å². The second kappa shape index (κ2) is 8.66. The molecule has 0 N–H and O–H groups in total. The van der Waals surface area contributed by atoms with Crippen molar-refractivity contribution in [2.75, 3.05) is 0 Å². The highest BCUT2D eigenvalue weighted by Crippen LogP contribution is 2.41. The minimum Gasteiger partial charge on any atom is -0.0537 e. The fraction of sp³-hybridized carbons (Fsp3) is 0. The molecule has 0 aliphatic carbocycles. The zero-order valence-corrected chi connectivity index (χ0v) is 25.1. The standard InChI is InChI=1S/2C16H8Br2/c17-13-8-4-10-2-6-12-14(18)7-3-9-1-5-11(13)16(10)15(9)12;17-13-7-3-9-1-2-10-4-8-14(18)12-6-5-11(13)15(9)16(10)12/h2*1-8H. The Kier molecular flexibility index (Phi) is 5.52. The molecule has 0 unspecified atom stereocenters. The van der Waals surface area contributed by atoms with Crippen LogP contribution in [0, 0.1) is 0 Å². The van der Waals surface area contributed by atoms with Crippen LogP contribution >= 0.6 is 63.7 Å². The summed E-state index contributed by atoms with van der Waals surface area (Å²) in [5, 5.41) is 15.7. The Morgan fingerprint density at radius 2 is 0.444 bits per heavy atom. The summed E-state index contributed by atoms with van der Waals surface area (Å²) in [5.74, 6) is 0. The quantitative estimate of drug-likeness (QED) is 0.137. The third-order valence-corrected chi connectivity index (χ3v) is 9.88. The third kappa shape index (κ3) is 3.42. The van der Waals surface area contributed by atoms with Gasteiger partial charge in [0.2, 0.25) is 0 Å². The Hall–Kier alpha value is -2.24. The SMILES string of the molecule is Brc1ccc2ccc3c(Br)ccc4ccc1c2c43.Brc1ccc2ccc3ccc(Br)c4ccc1c2c34. The lowest BCUT2D eigenvalue weighted by atomic mass is 9.94. The summed E-state index contributed by atoms with van der Waals surface area (Å²) < 4.78 is 4.63. The highest BCUT2D eigenvalue weighted by Gasteiger charge is 2.12. The van der Waals surface area contributed by atoms with Crippen molar-refractivity contribution in [2.24, 2.45) is 0 Å². The molecule has 0 spiro atoms. The molecule has 0 radical (unpaired) electrons. The van der Waals surface area contributed by atoms with Gasteiger partial charge in [-0.05, 0) is 88.9 Å². The average Bonchev–Trinajstić information content (AvgIpc) is 2.91. The first-order chi connectivity index (χ1) is 17.5. The van der Waals surface area contributed by atoms with Crippen molar-refractivity contribution < 1.29 is 0 Å². The van der Waals surface area contributed by atoms with Crippen LogP contribution < -0.4 is 0 Å². The Bertz CT molecular complexity index is 1850. The fourth-order valence-corrected chi connectivity index (χ4v) is 7.31. The fourth-order valence-electron chi connectivity index (χ4n) is 5.46. The van der Waals surface area contributed by atoms with Crippen molar-refractivity contribution >= 4 is 128 Å². The second-order valence-corrected chi connectivity index (χ2v) is 12.5. The summed E-state index contributed by atoms with van der Waals surface area (Å²) in [6.07, 6.45) is 0. The lowest BCUT2D eigenvalue weighted by molar-refractivity contribution is 1.73. The topological polar surface area (TPSA) is 0 Å². The van der Waals surface area contributed by atoms with Crippen molar-refractivity contribution in [3.05, 3.63) is 115 Å². The van der Waals surface area contributed by atoms with Crippen molar-refractivity contribution in [2.45, 2.75) is 0 Å². The van der Waals surface area contributed by atoms with Crippen LogP contribution in [0.3, 0.4) is 0 Å². The minimum atomic E-state index is 1.16. The van der Waals surface area contributed by atoms with Gasteiger partial charge in [0.15, 0.2) is 0 Å². The molecular formula is C32H16Br4. The molecule has 4 heteroatoms. The minimum absolute atomic E-state index is 1.16. The molecule has 0 fully saturated rings. The van der Waals surface area contributed by atoms with E-state index < -0.39 is 0 Å². The second-order valence-electron chi connectivity index (χ2n) is 9.03. The van der Waals surface area contributed by atoms with Gasteiger partial charge in [0.1, 0.15) is 0 Å². The van der Waals surface area contributed by atoms with E-state index in [-0.39, 0.29) is 0 Å². The van der Waals surface area contributed by atoms with E-state index in [0.29, 0.717) is 0 Å². The molecule has 0 amide bonds. The van der Waals surface area contributed by atoms with Gasteiger partial charge in [-0.25, -0.2) is 0 Å². The molecule has 0 bridgehead atoms. The van der Waals surface area contributed by atoms with E-state index in [9.17, 15) is 0 Å². The number of rotatable bonds is 0. The Morgan fingerprint density at radius 1 is 0.250 bits per heavy atom. The lowest BCUT2D eigenvalue weighted by Crippen LogP contribution is -1.85. The van der Waals surface area contributed by atoms with Gasteiger partial charge in [-0.1, -0.05) is 137 Å². The van der Waals surface area contributed by atoms with Crippen LogP contribution in [0.15, 0.2) is 115 Å². The van der Waals surface area contributed by atoms with Gasteiger partial charge in [-0.15, -0.1) is 0 Å². The van der Waals surface area contributed by atoms with Crippen LogP contribution in [0.1, 0.15) is 0 Å². The molecule has 0 heterocycles. The van der Waals surface area contributed by atoms with Gasteiger partial charge in [0.25, 0.3) is 0 Å². The lowest BCUT2D eigenvalue weighted by Gasteiger charge is -2.12. The maximum atomic E-state index is 3.65. The first kappa shape index (κ1) is 22.9. The summed E-state index contributed by atoms with van der Waals surface area (Å²) in [6.45, 7) is 0. The highest BCUT2D eigenvalue weighted by molar-refractivity contribution is 9.11. The molecule has 36 heavy (non-hydrogen) atoms.